The molecule has 0 saturated heterocycles. The van der Waals surface area contributed by atoms with Gasteiger partial charge in [0.1, 0.15) is 11.5 Å². The molecule has 0 aliphatic rings. The summed E-state index contributed by atoms with van der Waals surface area (Å²) in [5.74, 6) is 1.74. The highest BCUT2D eigenvalue weighted by atomic mass is 32.1. The van der Waals surface area contributed by atoms with Gasteiger partial charge in [-0.05, 0) is 49.2 Å². The van der Waals surface area contributed by atoms with Crippen LogP contribution in [0.4, 0.5) is 0 Å². The lowest BCUT2D eigenvalue weighted by molar-refractivity contribution is 0.242. The van der Waals surface area contributed by atoms with Crippen molar-refractivity contribution in [1.82, 2.24) is 0 Å². The van der Waals surface area contributed by atoms with E-state index >= 15 is 0 Å². The maximum absolute atomic E-state index is 5.64. The number of methoxy groups -OCH3 is 1. The predicted octanol–water partition coefficient (Wildman–Crippen LogP) is 4.44. The zero-order valence-corrected chi connectivity index (χ0v) is 13.4. The van der Waals surface area contributed by atoms with Gasteiger partial charge in [-0.2, -0.15) is 0 Å². The molecule has 0 saturated carbocycles. The van der Waals surface area contributed by atoms with Crippen molar-refractivity contribution in [2.75, 3.05) is 7.11 Å². The number of hydrogen-bond acceptors (Lipinski definition) is 3. The molecular formula is C18H20O2S. The van der Waals surface area contributed by atoms with Crippen LogP contribution in [0.1, 0.15) is 25.0 Å². The van der Waals surface area contributed by atoms with E-state index in [0.717, 1.165) is 28.3 Å². The maximum Gasteiger partial charge on any atom is 0.119 e. The Hall–Kier alpha value is -1.87. The molecule has 0 atom stereocenters. The third-order valence-corrected chi connectivity index (χ3v) is 3.45. The fraction of sp³-hybridized carbons (Fsp3) is 0.278. The van der Waals surface area contributed by atoms with Crippen molar-refractivity contribution in [1.29, 1.82) is 0 Å². The molecule has 0 aliphatic heterocycles. The zero-order valence-electron chi connectivity index (χ0n) is 12.6. The van der Waals surface area contributed by atoms with Crippen LogP contribution in [0.3, 0.4) is 0 Å². The molecule has 2 nitrogen and oxygen atoms in total. The van der Waals surface area contributed by atoms with Crippen LogP contribution >= 0.6 is 12.2 Å². The van der Waals surface area contributed by atoms with Crippen LogP contribution in [0.5, 0.6) is 11.5 Å². The Labute approximate surface area is 131 Å². The quantitative estimate of drug-likeness (QED) is 0.580. The van der Waals surface area contributed by atoms with E-state index in [9.17, 15) is 0 Å². The molecule has 0 radical (unpaired) electrons. The van der Waals surface area contributed by atoms with E-state index in [-0.39, 0.29) is 6.10 Å². The largest absolute Gasteiger partial charge is 0.497 e. The summed E-state index contributed by atoms with van der Waals surface area (Å²) < 4.78 is 10.8. The van der Waals surface area contributed by atoms with Crippen molar-refractivity contribution < 1.29 is 9.47 Å². The number of thiocarbonyl (C=S) groups is 1. The summed E-state index contributed by atoms with van der Waals surface area (Å²) in [5, 5.41) is 0. The normalized spacial score (nSPS) is 10.5. The molecule has 2 aromatic carbocycles. The average molecular weight is 300 g/mol. The first kappa shape index (κ1) is 15.5. The highest BCUT2D eigenvalue weighted by Gasteiger charge is 2.04. The first-order valence-corrected chi connectivity index (χ1v) is 7.42. The molecular weight excluding hydrogens is 280 g/mol. The van der Waals surface area contributed by atoms with E-state index in [1.165, 1.54) is 5.56 Å². The topological polar surface area (TPSA) is 18.5 Å². The summed E-state index contributed by atoms with van der Waals surface area (Å²) in [6.45, 7) is 4.04. The van der Waals surface area contributed by atoms with Gasteiger partial charge in [0.2, 0.25) is 0 Å². The zero-order chi connectivity index (χ0) is 15.2. The van der Waals surface area contributed by atoms with Gasteiger partial charge in [-0.25, -0.2) is 0 Å². The Morgan fingerprint density at radius 2 is 1.52 bits per heavy atom. The molecule has 2 rings (SSSR count). The number of hydrogen-bond donors (Lipinski definition) is 0. The van der Waals surface area contributed by atoms with Crippen molar-refractivity contribution in [3.8, 4) is 11.5 Å². The van der Waals surface area contributed by atoms with Gasteiger partial charge >= 0.3 is 0 Å². The van der Waals surface area contributed by atoms with Gasteiger partial charge in [0.05, 0.1) is 13.2 Å². The fourth-order valence-electron chi connectivity index (χ4n) is 2.02. The predicted molar refractivity (Wildman–Crippen MR) is 90.6 cm³/mol. The molecule has 0 aliphatic carbocycles. The van der Waals surface area contributed by atoms with Crippen molar-refractivity contribution in [3.63, 3.8) is 0 Å². The number of benzene rings is 2. The fourth-order valence-corrected chi connectivity index (χ4v) is 2.33. The minimum absolute atomic E-state index is 0.191. The Balaban J connectivity index is 2.01. The molecule has 2 aromatic rings. The van der Waals surface area contributed by atoms with Crippen LogP contribution < -0.4 is 9.47 Å². The summed E-state index contributed by atoms with van der Waals surface area (Å²) in [6, 6.07) is 16.0. The Bertz CT molecular complexity index is 586. The number of ether oxygens (including phenoxy) is 2. The van der Waals surface area contributed by atoms with Gasteiger partial charge in [-0.15, -0.1) is 0 Å². The molecule has 0 bridgehead atoms. The minimum Gasteiger partial charge on any atom is -0.497 e. The molecule has 21 heavy (non-hydrogen) atoms. The monoisotopic (exact) mass is 300 g/mol. The van der Waals surface area contributed by atoms with E-state index in [0.29, 0.717) is 0 Å². The lowest BCUT2D eigenvalue weighted by atomic mass is 10.0. The van der Waals surface area contributed by atoms with Crippen molar-refractivity contribution in [3.05, 3.63) is 59.7 Å². The van der Waals surface area contributed by atoms with Gasteiger partial charge in [-0.3, -0.25) is 0 Å². The second-order valence-corrected chi connectivity index (χ2v) is 5.63. The van der Waals surface area contributed by atoms with E-state index in [1.54, 1.807) is 7.11 Å². The lowest BCUT2D eigenvalue weighted by Gasteiger charge is -2.10. The Kier molecular flexibility index (Phi) is 5.34. The first-order valence-electron chi connectivity index (χ1n) is 7.01. The molecule has 0 amide bonds. The van der Waals surface area contributed by atoms with Gasteiger partial charge in [-0.1, -0.05) is 36.5 Å². The molecule has 0 fully saturated rings. The van der Waals surface area contributed by atoms with Crippen LogP contribution in [0.15, 0.2) is 48.5 Å². The van der Waals surface area contributed by atoms with Crippen molar-refractivity contribution in [2.45, 2.75) is 26.4 Å². The summed E-state index contributed by atoms with van der Waals surface area (Å²) in [7, 11) is 1.66. The molecule has 0 heterocycles. The third kappa shape index (κ3) is 4.57. The summed E-state index contributed by atoms with van der Waals surface area (Å²) in [5.41, 5.74) is 2.25. The smallest absolute Gasteiger partial charge is 0.119 e. The van der Waals surface area contributed by atoms with E-state index in [2.05, 4.69) is 12.1 Å². The van der Waals surface area contributed by atoms with Crippen LogP contribution in [-0.2, 0) is 6.42 Å². The van der Waals surface area contributed by atoms with Gasteiger partial charge in [0, 0.05) is 11.3 Å². The van der Waals surface area contributed by atoms with Gasteiger partial charge in [0.15, 0.2) is 0 Å². The molecule has 0 unspecified atom stereocenters. The maximum atomic E-state index is 5.64. The minimum atomic E-state index is 0.191. The molecule has 3 heteroatoms. The number of rotatable bonds is 6. The van der Waals surface area contributed by atoms with Crippen LogP contribution in [-0.4, -0.2) is 18.1 Å². The second kappa shape index (κ2) is 7.23. The highest BCUT2D eigenvalue weighted by Crippen LogP contribution is 2.17. The van der Waals surface area contributed by atoms with Crippen LogP contribution in [0.25, 0.3) is 0 Å². The lowest BCUT2D eigenvalue weighted by Crippen LogP contribution is -2.06. The molecule has 0 N–H and O–H groups in total. The third-order valence-electron chi connectivity index (χ3n) is 3.07. The molecule has 0 spiro atoms. The standard InChI is InChI=1S/C18H20O2S/c1-13(2)20-17-8-4-14(5-9-17)12-18(21)15-6-10-16(19-3)11-7-15/h4-11,13H,12H2,1-3H3. The highest BCUT2D eigenvalue weighted by molar-refractivity contribution is 7.80. The summed E-state index contributed by atoms with van der Waals surface area (Å²) in [4.78, 5) is 0.926. The average Bonchev–Trinajstić information content (AvgIpc) is 2.49. The van der Waals surface area contributed by atoms with Crippen molar-refractivity contribution in [2.24, 2.45) is 0 Å². The van der Waals surface area contributed by atoms with Gasteiger partial charge in [0.25, 0.3) is 0 Å². The summed E-state index contributed by atoms with van der Waals surface area (Å²) in [6.07, 6.45) is 0.945. The van der Waals surface area contributed by atoms with Crippen molar-refractivity contribution >= 4 is 17.1 Å². The van der Waals surface area contributed by atoms with E-state index < -0.39 is 0 Å². The van der Waals surface area contributed by atoms with Gasteiger partial charge < -0.3 is 9.47 Å². The summed E-state index contributed by atoms with van der Waals surface area (Å²) >= 11 is 5.51. The Morgan fingerprint density at radius 1 is 0.952 bits per heavy atom. The Morgan fingerprint density at radius 3 is 2.05 bits per heavy atom. The SMILES string of the molecule is COc1ccc(C(=S)Cc2ccc(OC(C)C)cc2)cc1. The van der Waals surface area contributed by atoms with Crippen LogP contribution in [0.2, 0.25) is 0 Å². The van der Waals surface area contributed by atoms with Crippen LogP contribution in [0, 0.1) is 0 Å². The van der Waals surface area contributed by atoms with E-state index in [4.69, 9.17) is 21.7 Å². The molecule has 0 aromatic heterocycles. The molecule has 110 valence electrons. The second-order valence-electron chi connectivity index (χ2n) is 5.14. The van der Waals surface area contributed by atoms with E-state index in [1.807, 2.05) is 50.2 Å². The first-order chi connectivity index (χ1) is 10.1.